The number of methoxy groups -OCH3 is 2. The van der Waals surface area contributed by atoms with Gasteiger partial charge in [0.1, 0.15) is 66.0 Å². The number of aromatic nitrogens is 1. The number of esters is 1. The Morgan fingerprint density at radius 3 is 1.85 bits per heavy atom. The van der Waals surface area contributed by atoms with Crippen molar-refractivity contribution in [2.45, 2.75) is 241 Å². The van der Waals surface area contributed by atoms with Gasteiger partial charge in [-0.15, -0.1) is 0 Å². The summed E-state index contributed by atoms with van der Waals surface area (Å²) in [5.74, 6) is -4.68. The summed E-state index contributed by atoms with van der Waals surface area (Å²) in [5, 5.41) is 105. The molecule has 1 amide bonds. The van der Waals surface area contributed by atoms with E-state index in [9.17, 15) is 50.8 Å². The van der Waals surface area contributed by atoms with Crippen LogP contribution in [-0.2, 0) is 81.1 Å². The fraction of sp³-hybridized carbons (Fsp3) is 0.603. The molecule has 5 aliphatic heterocycles. The van der Waals surface area contributed by atoms with Crippen LogP contribution in [-0.4, -0.2) is 223 Å². The molecule has 26 heteroatoms. The average molecular weight is 1320 g/mol. The zero-order chi connectivity index (χ0) is 67.4. The number of hydrogen-bond acceptors (Lipinski definition) is 24. The highest BCUT2D eigenvalue weighted by molar-refractivity contribution is 6.11. The van der Waals surface area contributed by atoms with E-state index in [1.165, 1.54) is 34.1 Å². The number of fused-ring (bicyclic) bond motifs is 3. The van der Waals surface area contributed by atoms with Gasteiger partial charge in [0.2, 0.25) is 12.2 Å². The van der Waals surface area contributed by atoms with Crippen LogP contribution in [0.15, 0.2) is 72.9 Å². The van der Waals surface area contributed by atoms with Crippen LogP contribution in [0, 0.1) is 12.8 Å². The fourth-order valence-corrected chi connectivity index (χ4v) is 14.1. The van der Waals surface area contributed by atoms with Crippen LogP contribution in [0.3, 0.4) is 0 Å². The molecule has 0 radical (unpaired) electrons. The van der Waals surface area contributed by atoms with Crippen LogP contribution < -0.4 is 10.1 Å². The second-order valence-corrected chi connectivity index (χ2v) is 26.2. The molecule has 10 N–H and O–H groups in total. The first-order valence-electron chi connectivity index (χ1n) is 32.2. The Morgan fingerprint density at radius 2 is 1.24 bits per heavy atom. The maximum atomic E-state index is 15.6. The molecule has 0 spiro atoms. The van der Waals surface area contributed by atoms with Gasteiger partial charge >= 0.3 is 5.97 Å². The molecule has 24 atom stereocenters. The maximum absolute atomic E-state index is 15.6. The lowest BCUT2D eigenvalue weighted by Gasteiger charge is -2.46. The average Bonchev–Trinajstić information content (AvgIpc) is 0.940. The highest BCUT2D eigenvalue weighted by atomic mass is 16.7. The number of amides is 1. The minimum Gasteiger partial charge on any atom is -0.507 e. The Morgan fingerprint density at radius 1 is 0.691 bits per heavy atom. The molecule has 11 rings (SSSR count). The van der Waals surface area contributed by atoms with Crippen LogP contribution in [0.1, 0.15) is 106 Å². The van der Waals surface area contributed by atoms with E-state index in [1.54, 1.807) is 40.7 Å². The molecule has 0 unspecified atom stereocenters. The number of nitrogens with zero attached hydrogens (tertiary/aromatic N) is 1. The summed E-state index contributed by atoms with van der Waals surface area (Å²) in [6.45, 7) is 11.5. The topological polar surface area (TPSA) is 361 Å². The van der Waals surface area contributed by atoms with E-state index in [-0.39, 0.29) is 78.2 Å². The summed E-state index contributed by atoms with van der Waals surface area (Å²) in [7, 11) is 2.47. The standard InChI is InChI=1S/C68H88N2O24/c1-30-45(90-50-24-46(58(74)32(3)86-50)91-49-23-44(71)57(73)31(2)85-49)22-38-19-37-20-41(64(83-8)66(80)69-42(67(81)84-9)21-39-29-70(28-36-15-11-10-12-16-36)43-18-14-13-17-40(39)43)63(62(78)55(37)61(77)54(38)56(30)72)94-52-26-47(59(75)34(5)88-52)92-51-25-48(60(76)33(4)87-51)93-53-27-68(7,82)65(79)35(6)89-53/h10-19,22,29,31-35,41-42,44,46-53,57-60,63-65,71-77,79,82H,20-21,23-28H2,1-9H3,(H,69,80)/t31-,32-,33-,34-,35-,41-,42+,44-,46-,47-,48-,49+,50+,51+,52+,53+,57-,58-,59-,60+,63+,64+,65-,68+/m1/s1. The monoisotopic (exact) mass is 1320 g/mol. The number of hydrogen-bond donors (Lipinski definition) is 10. The molecule has 4 aromatic carbocycles. The lowest BCUT2D eigenvalue weighted by molar-refractivity contribution is -0.334. The van der Waals surface area contributed by atoms with Crippen molar-refractivity contribution in [1.82, 2.24) is 9.88 Å². The number of phenolic OH excluding ortho intramolecular Hbond substituents is 2. The molecule has 1 aliphatic carbocycles. The second-order valence-electron chi connectivity index (χ2n) is 26.2. The number of aromatic hydroxyl groups is 2. The van der Waals surface area contributed by atoms with Crippen LogP contribution in [0.2, 0.25) is 0 Å². The van der Waals surface area contributed by atoms with Crippen molar-refractivity contribution in [2.24, 2.45) is 5.92 Å². The molecular formula is C68H88N2O24. The minimum absolute atomic E-state index is 0.0221. The number of aliphatic hydroxyl groups is 7. The number of rotatable bonds is 19. The molecule has 6 aliphatic rings. The van der Waals surface area contributed by atoms with E-state index in [0.717, 1.165) is 22.0 Å². The molecule has 514 valence electrons. The smallest absolute Gasteiger partial charge is 0.328 e. The van der Waals surface area contributed by atoms with Gasteiger partial charge in [0.25, 0.3) is 0 Å². The van der Waals surface area contributed by atoms with Crippen molar-refractivity contribution >= 4 is 39.3 Å². The quantitative estimate of drug-likeness (QED) is 0.0530. The third kappa shape index (κ3) is 14.4. The molecule has 0 bridgehead atoms. The van der Waals surface area contributed by atoms with E-state index in [4.69, 9.17) is 56.8 Å². The Hall–Kier alpha value is -5.99. The number of nitrogens with one attached hydrogen (secondary N) is 1. The molecule has 1 aromatic heterocycles. The number of Topliss-reactive ketones (excluding diaryl/α,β-unsaturated/α-hetero) is 1. The Bertz CT molecular complexity index is 3480. The van der Waals surface area contributed by atoms with Gasteiger partial charge in [-0.2, -0.15) is 0 Å². The van der Waals surface area contributed by atoms with E-state index in [0.29, 0.717) is 6.54 Å². The van der Waals surface area contributed by atoms with Gasteiger partial charge in [-0.1, -0.05) is 48.5 Å². The first-order valence-corrected chi connectivity index (χ1v) is 32.2. The summed E-state index contributed by atoms with van der Waals surface area (Å²) in [5.41, 5.74) is 1.19. The molecule has 5 aromatic rings. The number of phenols is 2. The fourth-order valence-electron chi connectivity index (χ4n) is 14.1. The van der Waals surface area contributed by atoms with Crippen molar-refractivity contribution < 1.29 is 117 Å². The van der Waals surface area contributed by atoms with E-state index in [1.807, 2.05) is 60.8 Å². The summed E-state index contributed by atoms with van der Waals surface area (Å²) in [6, 6.07) is 19.3. The van der Waals surface area contributed by atoms with Crippen LogP contribution in [0.5, 0.6) is 17.2 Å². The summed E-state index contributed by atoms with van der Waals surface area (Å²) < 4.78 is 75.4. The minimum atomic E-state index is -1.68. The number of ketones is 1. The van der Waals surface area contributed by atoms with Crippen molar-refractivity contribution in [3.8, 4) is 17.2 Å². The maximum Gasteiger partial charge on any atom is 0.328 e. The lowest BCUT2D eigenvalue weighted by atomic mass is 9.76. The highest BCUT2D eigenvalue weighted by Crippen LogP contribution is 2.48. The normalized spacial score (nSPS) is 36.2. The van der Waals surface area contributed by atoms with E-state index >= 15 is 9.59 Å². The first kappa shape index (κ1) is 69.4. The molecule has 5 saturated heterocycles. The molecule has 26 nitrogen and oxygen atoms in total. The van der Waals surface area contributed by atoms with Gasteiger partial charge in [0, 0.05) is 80.8 Å². The van der Waals surface area contributed by atoms with Crippen molar-refractivity contribution in [3.63, 3.8) is 0 Å². The predicted molar refractivity (Wildman–Crippen MR) is 331 cm³/mol. The molecular weight excluding hydrogens is 1230 g/mol. The van der Waals surface area contributed by atoms with Crippen molar-refractivity contribution in [2.75, 3.05) is 14.2 Å². The number of para-hydroxylation sites is 1. The largest absolute Gasteiger partial charge is 0.507 e. The molecule has 6 heterocycles. The zero-order valence-corrected chi connectivity index (χ0v) is 54.0. The third-order valence-electron chi connectivity index (χ3n) is 19.4. The van der Waals surface area contributed by atoms with Gasteiger partial charge in [0.05, 0.1) is 78.6 Å². The Balaban J connectivity index is 0.889. The Labute approximate surface area is 543 Å². The molecule has 0 saturated carbocycles. The molecule has 5 fully saturated rings. The highest BCUT2D eigenvalue weighted by Gasteiger charge is 2.51. The number of aliphatic hydroxyl groups excluding tert-OH is 6. The van der Waals surface area contributed by atoms with Gasteiger partial charge in [-0.25, -0.2) is 4.79 Å². The molecule has 94 heavy (non-hydrogen) atoms. The summed E-state index contributed by atoms with van der Waals surface area (Å²) in [6.07, 6.45) is -22.0. The number of carbonyl (C=O) groups is 3. The van der Waals surface area contributed by atoms with Gasteiger partial charge in [-0.05, 0) is 95.2 Å². The predicted octanol–water partition coefficient (Wildman–Crippen LogP) is 3.34. The Kier molecular flexibility index (Phi) is 21.1. The van der Waals surface area contributed by atoms with Gasteiger partial charge in [0.15, 0.2) is 30.9 Å². The summed E-state index contributed by atoms with van der Waals surface area (Å²) in [4.78, 5) is 44.7. The lowest BCUT2D eigenvalue weighted by Crippen LogP contribution is -2.58. The summed E-state index contributed by atoms with van der Waals surface area (Å²) >= 11 is 0. The third-order valence-corrected chi connectivity index (χ3v) is 19.4. The van der Waals surface area contributed by atoms with E-state index < -0.39 is 176 Å². The van der Waals surface area contributed by atoms with Crippen molar-refractivity contribution in [1.29, 1.82) is 0 Å². The van der Waals surface area contributed by atoms with Crippen LogP contribution in [0.25, 0.3) is 21.7 Å². The van der Waals surface area contributed by atoms with Crippen molar-refractivity contribution in [3.05, 3.63) is 101 Å². The van der Waals surface area contributed by atoms with Crippen LogP contribution in [0.4, 0.5) is 0 Å². The van der Waals surface area contributed by atoms with E-state index in [2.05, 4.69) is 9.88 Å². The number of benzene rings is 4. The SMILES string of the molecule is COC(=O)[C@H](Cc1cn(Cc2ccccc2)c2ccccc12)NC(=O)[C@@H](OC)[C@@H]1Cc2cc3cc(O[C@H]4C[C@@H](O[C@H]5C[C@@H](O)[C@H](O)[C@@H](C)O5)[C@H](O)[C@@H](C)O4)c(C)c(O)c3c(O)c2C(=O)[C@H]1O[C@H]1C[C@@H](O[C@H]2C[C@@H](O[C@H]3C[C@](C)(O)[C@H](O)[C@@H](C)O3)[C@@H](O)[C@@H](C)O2)[C@H](O)[C@@H](C)O1. The zero-order valence-electron chi connectivity index (χ0n) is 54.0. The van der Waals surface area contributed by atoms with Gasteiger partial charge in [-0.3, -0.25) is 9.59 Å². The second kappa shape index (κ2) is 28.6. The van der Waals surface area contributed by atoms with Crippen LogP contribution >= 0.6 is 0 Å². The van der Waals surface area contributed by atoms with Gasteiger partial charge < -0.3 is 113 Å². The number of carbonyl (C=O) groups excluding carboxylic acids is 3. The number of ether oxygens (including phenoxy) is 12. The first-order chi connectivity index (χ1) is 44.7.